The third kappa shape index (κ3) is 3.11. The number of carbonyl (C=O) groups excluding carboxylic acids is 1. The molecule has 2 aromatic carbocycles. The molecular formula is C21H16N2O5S. The molecule has 0 spiro atoms. The summed E-state index contributed by atoms with van der Waals surface area (Å²) < 4.78 is 17.1. The zero-order valence-corrected chi connectivity index (χ0v) is 16.3. The number of aromatic nitrogens is 1. The van der Waals surface area contributed by atoms with Crippen LogP contribution in [-0.4, -0.2) is 37.3 Å². The Morgan fingerprint density at radius 3 is 2.83 bits per heavy atom. The first kappa shape index (κ1) is 17.7. The predicted molar refractivity (Wildman–Crippen MR) is 110 cm³/mol. The lowest BCUT2D eigenvalue weighted by Crippen LogP contribution is -2.53. The van der Waals surface area contributed by atoms with E-state index in [-0.39, 0.29) is 11.7 Å². The second-order valence-corrected chi connectivity index (χ2v) is 7.73. The SMILES string of the molecule is COc1cccc2cc(C(=O)OC3CN(c4nc5ccccc5s4)C3)c(=O)oc12. The van der Waals surface area contributed by atoms with Crippen LogP contribution in [-0.2, 0) is 4.74 Å². The molecule has 1 fully saturated rings. The Morgan fingerprint density at radius 1 is 1.21 bits per heavy atom. The van der Waals surface area contributed by atoms with Crippen LogP contribution in [0.1, 0.15) is 10.4 Å². The van der Waals surface area contributed by atoms with Crippen molar-refractivity contribution in [2.45, 2.75) is 6.10 Å². The van der Waals surface area contributed by atoms with Crippen molar-refractivity contribution in [3.63, 3.8) is 0 Å². The zero-order chi connectivity index (χ0) is 20.0. The smallest absolute Gasteiger partial charge is 0.351 e. The first-order valence-corrected chi connectivity index (χ1v) is 9.86. The van der Waals surface area contributed by atoms with Crippen molar-refractivity contribution in [2.75, 3.05) is 25.1 Å². The lowest BCUT2D eigenvalue weighted by molar-refractivity contribution is 0.0230. The van der Waals surface area contributed by atoms with Crippen LogP contribution in [0.3, 0.4) is 0 Å². The summed E-state index contributed by atoms with van der Waals surface area (Å²) in [7, 11) is 1.49. The highest BCUT2D eigenvalue weighted by Crippen LogP contribution is 2.32. The second kappa shape index (κ2) is 6.89. The molecule has 1 aliphatic rings. The topological polar surface area (TPSA) is 81.9 Å². The van der Waals surface area contributed by atoms with E-state index in [4.69, 9.17) is 13.9 Å². The summed E-state index contributed by atoms with van der Waals surface area (Å²) >= 11 is 1.60. The molecule has 0 radical (unpaired) electrons. The van der Waals surface area contributed by atoms with Crippen LogP contribution in [0.15, 0.2) is 57.7 Å². The molecule has 5 rings (SSSR count). The number of carbonyl (C=O) groups is 1. The fourth-order valence-corrected chi connectivity index (χ4v) is 4.28. The fraction of sp³-hybridized carbons (Fsp3) is 0.190. The Morgan fingerprint density at radius 2 is 2.03 bits per heavy atom. The second-order valence-electron chi connectivity index (χ2n) is 6.72. The summed E-state index contributed by atoms with van der Waals surface area (Å²) in [5, 5.41) is 1.50. The number of hydrogen-bond acceptors (Lipinski definition) is 8. The number of fused-ring (bicyclic) bond motifs is 2. The van der Waals surface area contributed by atoms with Crippen molar-refractivity contribution in [1.82, 2.24) is 4.98 Å². The normalized spacial score (nSPS) is 14.2. The number of thiazole rings is 1. The summed E-state index contributed by atoms with van der Waals surface area (Å²) in [5.41, 5.74) is 0.401. The first-order valence-electron chi connectivity index (χ1n) is 9.05. The molecule has 8 heteroatoms. The van der Waals surface area contributed by atoms with Crippen LogP contribution in [0.25, 0.3) is 21.2 Å². The fourth-order valence-electron chi connectivity index (χ4n) is 3.30. The van der Waals surface area contributed by atoms with Gasteiger partial charge in [0, 0.05) is 5.39 Å². The molecule has 29 heavy (non-hydrogen) atoms. The summed E-state index contributed by atoms with van der Waals surface area (Å²) in [6.07, 6.45) is -0.296. The van der Waals surface area contributed by atoms with Crippen molar-refractivity contribution < 1.29 is 18.7 Å². The van der Waals surface area contributed by atoms with Crippen LogP contribution in [0.5, 0.6) is 5.75 Å². The van der Waals surface area contributed by atoms with E-state index in [2.05, 4.69) is 9.88 Å². The van der Waals surface area contributed by atoms with Crippen LogP contribution in [0.2, 0.25) is 0 Å². The van der Waals surface area contributed by atoms with Crippen LogP contribution < -0.4 is 15.3 Å². The Kier molecular flexibility index (Phi) is 4.21. The quantitative estimate of drug-likeness (QED) is 0.378. The highest BCUT2D eigenvalue weighted by molar-refractivity contribution is 7.22. The summed E-state index contributed by atoms with van der Waals surface area (Å²) in [5.74, 6) is -0.248. The minimum Gasteiger partial charge on any atom is -0.493 e. The molecule has 4 aromatic rings. The predicted octanol–water partition coefficient (Wildman–Crippen LogP) is 3.46. The minimum absolute atomic E-state index is 0.121. The molecule has 2 aromatic heterocycles. The monoisotopic (exact) mass is 408 g/mol. The van der Waals surface area contributed by atoms with Gasteiger partial charge in [-0.15, -0.1) is 0 Å². The van der Waals surface area contributed by atoms with Gasteiger partial charge in [0.05, 0.1) is 30.4 Å². The first-order chi connectivity index (χ1) is 14.1. The van der Waals surface area contributed by atoms with Gasteiger partial charge in [-0.05, 0) is 24.3 Å². The van der Waals surface area contributed by atoms with Crippen molar-refractivity contribution in [3.05, 3.63) is 64.5 Å². The number of esters is 1. The number of nitrogens with zero attached hydrogens (tertiary/aromatic N) is 2. The Bertz CT molecular complexity index is 1260. The van der Waals surface area contributed by atoms with Crippen LogP contribution >= 0.6 is 11.3 Å². The lowest BCUT2D eigenvalue weighted by Gasteiger charge is -2.38. The average molecular weight is 408 g/mol. The highest BCUT2D eigenvalue weighted by atomic mass is 32.1. The maximum absolute atomic E-state index is 12.5. The Labute approximate surface area is 169 Å². The molecule has 1 aliphatic heterocycles. The van der Waals surface area contributed by atoms with E-state index in [0.29, 0.717) is 29.8 Å². The molecule has 3 heterocycles. The molecule has 146 valence electrons. The van der Waals surface area contributed by atoms with E-state index in [1.165, 1.54) is 13.2 Å². The van der Waals surface area contributed by atoms with Crippen molar-refractivity contribution >= 4 is 43.6 Å². The van der Waals surface area contributed by atoms with Gasteiger partial charge < -0.3 is 18.8 Å². The Balaban J connectivity index is 1.30. The van der Waals surface area contributed by atoms with Crippen molar-refractivity contribution in [2.24, 2.45) is 0 Å². The molecule has 0 atom stereocenters. The Hall–Kier alpha value is -3.39. The molecule has 0 bridgehead atoms. The van der Waals surface area contributed by atoms with Gasteiger partial charge in [-0.3, -0.25) is 0 Å². The van der Waals surface area contributed by atoms with Gasteiger partial charge in [0.2, 0.25) is 0 Å². The molecule has 0 N–H and O–H groups in total. The molecule has 0 amide bonds. The van der Waals surface area contributed by atoms with Crippen LogP contribution in [0.4, 0.5) is 5.13 Å². The summed E-state index contributed by atoms with van der Waals surface area (Å²) in [6.45, 7) is 1.08. The zero-order valence-electron chi connectivity index (χ0n) is 15.5. The van der Waals surface area contributed by atoms with Gasteiger partial charge in [0.15, 0.2) is 16.5 Å². The number of ether oxygens (including phenoxy) is 2. The molecule has 0 unspecified atom stereocenters. The summed E-state index contributed by atoms with van der Waals surface area (Å²) in [4.78, 5) is 31.4. The molecular weight excluding hydrogens is 392 g/mol. The van der Waals surface area contributed by atoms with Gasteiger partial charge in [-0.25, -0.2) is 14.6 Å². The van der Waals surface area contributed by atoms with Gasteiger partial charge in [0.1, 0.15) is 11.7 Å². The van der Waals surface area contributed by atoms with Gasteiger partial charge >= 0.3 is 11.6 Å². The number of rotatable bonds is 4. The van der Waals surface area contributed by atoms with E-state index in [1.54, 1.807) is 29.5 Å². The van der Waals surface area contributed by atoms with Crippen LogP contribution in [0, 0.1) is 0 Å². The minimum atomic E-state index is -0.741. The summed E-state index contributed by atoms with van der Waals surface area (Å²) in [6, 6.07) is 14.6. The maximum atomic E-state index is 12.5. The molecule has 1 saturated heterocycles. The van der Waals surface area contributed by atoms with Gasteiger partial charge in [-0.1, -0.05) is 35.6 Å². The molecule has 7 nitrogen and oxygen atoms in total. The van der Waals surface area contributed by atoms with Gasteiger partial charge in [0.25, 0.3) is 0 Å². The third-order valence-electron chi connectivity index (χ3n) is 4.84. The van der Waals surface area contributed by atoms with Crippen molar-refractivity contribution in [1.29, 1.82) is 0 Å². The number of hydrogen-bond donors (Lipinski definition) is 0. The standard InChI is InChI=1S/C21H16N2O5S/c1-26-16-7-4-5-12-9-14(20(25)28-18(12)16)19(24)27-13-10-23(11-13)21-22-15-6-2-3-8-17(15)29-21/h2-9,13H,10-11H2,1H3. The highest BCUT2D eigenvalue weighted by Gasteiger charge is 2.33. The maximum Gasteiger partial charge on any atom is 0.351 e. The average Bonchev–Trinajstić information content (AvgIpc) is 3.12. The van der Waals surface area contributed by atoms with E-state index < -0.39 is 11.6 Å². The van der Waals surface area contributed by atoms with E-state index >= 15 is 0 Å². The lowest BCUT2D eigenvalue weighted by atomic mass is 10.1. The number of para-hydroxylation sites is 2. The van der Waals surface area contributed by atoms with E-state index in [0.717, 1.165) is 15.3 Å². The van der Waals surface area contributed by atoms with E-state index in [1.807, 2.05) is 24.3 Å². The number of anilines is 1. The molecule has 0 aliphatic carbocycles. The van der Waals surface area contributed by atoms with Gasteiger partial charge in [-0.2, -0.15) is 0 Å². The largest absolute Gasteiger partial charge is 0.493 e. The number of methoxy groups -OCH3 is 1. The number of benzene rings is 2. The third-order valence-corrected chi connectivity index (χ3v) is 5.94. The molecule has 0 saturated carbocycles. The van der Waals surface area contributed by atoms with E-state index in [9.17, 15) is 9.59 Å². The van der Waals surface area contributed by atoms with Crippen molar-refractivity contribution in [3.8, 4) is 5.75 Å².